The van der Waals surface area contributed by atoms with Gasteiger partial charge in [0.15, 0.2) is 34.8 Å². The molecule has 0 N–H and O–H groups in total. The molecule has 0 aromatic heterocycles. The summed E-state index contributed by atoms with van der Waals surface area (Å²) in [6, 6.07) is 22.7. The average Bonchev–Trinajstić information content (AvgIpc) is 2.69. The molecule has 2 aromatic rings. The van der Waals surface area contributed by atoms with Crippen molar-refractivity contribution in [1.29, 1.82) is 0 Å². The Morgan fingerprint density at radius 2 is 0.737 bits per heavy atom. The Balaban J connectivity index is 0.000000705. The lowest BCUT2D eigenvalue weighted by molar-refractivity contribution is -0.0522. The van der Waals surface area contributed by atoms with E-state index in [1.165, 1.54) is 0 Å². The fraction of sp³-hybridized carbons (Fsp3) is 0.400. The van der Waals surface area contributed by atoms with Gasteiger partial charge in [0.2, 0.25) is 0 Å². The summed E-state index contributed by atoms with van der Waals surface area (Å²) in [6.45, 7) is 13.4. The summed E-state index contributed by atoms with van der Waals surface area (Å²) < 4.78 is 118. The summed E-state index contributed by atoms with van der Waals surface area (Å²) in [4.78, 5) is 0. The third kappa shape index (κ3) is 12.8. The molecule has 0 fully saturated rings. The second kappa shape index (κ2) is 14.0. The van der Waals surface area contributed by atoms with Crippen LogP contribution in [0.4, 0.5) is 26.3 Å². The highest BCUT2D eigenvalue weighted by Crippen LogP contribution is 3.02. The van der Waals surface area contributed by atoms with Crippen LogP contribution in [0.25, 0.3) is 0 Å². The van der Waals surface area contributed by atoms with Gasteiger partial charge in [-0.25, -0.2) is 16.8 Å². The first-order chi connectivity index (χ1) is 16.7. The molecule has 2 aromatic carbocycles. The maximum absolute atomic E-state index is 10.7. The van der Waals surface area contributed by atoms with E-state index in [-0.39, 0.29) is 14.6 Å². The predicted molar refractivity (Wildman–Crippen MR) is 147 cm³/mol. The number of hydrogen-bond donors (Lipinski definition) is 0. The first-order valence-corrected chi connectivity index (χ1v) is 24.0. The van der Waals surface area contributed by atoms with E-state index >= 15 is 0 Å². The average molecular weight is 666 g/mol. The molecular weight excluding hydrogens is 638 g/mol. The summed E-state index contributed by atoms with van der Waals surface area (Å²) in [5, 5.41) is 3.23. The van der Waals surface area contributed by atoms with Crippen molar-refractivity contribution >= 4 is 59.3 Å². The largest absolute Gasteiger partial charge is 0.741 e. The van der Waals surface area contributed by atoms with Crippen molar-refractivity contribution < 1.29 is 52.3 Å². The normalized spacial score (nSPS) is 14.8. The Hall–Kier alpha value is -0.440. The van der Waals surface area contributed by atoms with E-state index in [1.54, 1.807) is 10.6 Å². The van der Waals surface area contributed by atoms with E-state index in [1.807, 2.05) is 0 Å². The maximum atomic E-state index is 10.7. The molecule has 2 atom stereocenters. The van der Waals surface area contributed by atoms with Crippen molar-refractivity contribution in [2.75, 3.05) is 40.0 Å². The maximum Gasteiger partial charge on any atom is 0.485 e. The molecule has 218 valence electrons. The summed E-state index contributed by atoms with van der Waals surface area (Å²) in [6.07, 6.45) is 0. The Labute approximate surface area is 223 Å². The summed E-state index contributed by atoms with van der Waals surface area (Å²) in [5.74, 6) is 0. The van der Waals surface area contributed by atoms with Crippen LogP contribution in [0.3, 0.4) is 0 Å². The lowest BCUT2D eigenvalue weighted by atomic mass is 10.4. The molecule has 0 saturated carbocycles. The predicted octanol–water partition coefficient (Wildman–Crippen LogP) is 6.26. The Kier molecular flexibility index (Phi) is 13.8. The van der Waals surface area contributed by atoms with Gasteiger partial charge in [-0.15, -0.1) is 0 Å². The van der Waals surface area contributed by atoms with E-state index in [0.29, 0.717) is 0 Å². The third-order valence-corrected chi connectivity index (χ3v) is 34.0. The molecule has 0 amide bonds. The van der Waals surface area contributed by atoms with Crippen LogP contribution in [-0.4, -0.2) is 76.9 Å². The first kappa shape index (κ1) is 37.6. The van der Waals surface area contributed by atoms with E-state index in [0.717, 1.165) is 0 Å². The van der Waals surface area contributed by atoms with Crippen LogP contribution >= 0.6 is 28.5 Å². The van der Waals surface area contributed by atoms with Gasteiger partial charge in [-0.1, -0.05) is 60.7 Å². The molecular formula is C20H28F6O6P4S2. The fourth-order valence-corrected chi connectivity index (χ4v) is 40.3. The number of hydrogen-bond acceptors (Lipinski definition) is 6. The van der Waals surface area contributed by atoms with Crippen LogP contribution in [0.2, 0.25) is 0 Å². The standard InChI is InChI=1S/C18H28P4.2CHF3O3S/c1-21(2,3)19(17-13-9-7-10-14-17)20(22(4,5)6)18-15-11-8-12-16-18;2*2-1(3,4)8(5,6)7/h7-16H,1-6H3;2*(H,5,6,7)/q+2;;/p-2/t19-,20+;;. The molecule has 0 aliphatic rings. The van der Waals surface area contributed by atoms with Gasteiger partial charge in [0.05, 0.1) is 40.0 Å². The highest BCUT2D eigenvalue weighted by Gasteiger charge is 2.51. The van der Waals surface area contributed by atoms with Gasteiger partial charge in [0, 0.05) is 24.5 Å². The summed E-state index contributed by atoms with van der Waals surface area (Å²) in [7, 11) is -12.4. The Morgan fingerprint density at radius 1 is 0.553 bits per heavy atom. The minimum absolute atomic E-state index is 0.0993. The molecule has 0 unspecified atom stereocenters. The second-order valence-electron chi connectivity index (χ2n) is 8.93. The highest BCUT2D eigenvalue weighted by atomic mass is 32.7. The van der Waals surface area contributed by atoms with Crippen molar-refractivity contribution in [2.24, 2.45) is 0 Å². The van der Waals surface area contributed by atoms with Gasteiger partial charge in [0.1, 0.15) is 0 Å². The molecule has 0 aliphatic heterocycles. The molecule has 0 heterocycles. The van der Waals surface area contributed by atoms with E-state index < -0.39 is 45.2 Å². The van der Waals surface area contributed by atoms with Gasteiger partial charge < -0.3 is 9.11 Å². The van der Waals surface area contributed by atoms with Crippen LogP contribution in [0.1, 0.15) is 0 Å². The number of halogens is 6. The zero-order valence-corrected chi connectivity index (χ0v) is 26.3. The number of rotatable bonds is 5. The van der Waals surface area contributed by atoms with Crippen molar-refractivity contribution in [1.82, 2.24) is 0 Å². The molecule has 0 bridgehead atoms. The SMILES string of the molecule is C[P+](C)(C)[P@](c1ccccc1)[P@](c1ccccc1)[P+](C)(C)C.O=S(=O)([O-])C(F)(F)F.O=S(=O)([O-])C(F)(F)F. The molecule has 2 rings (SSSR count). The Morgan fingerprint density at radius 3 is 0.868 bits per heavy atom. The van der Waals surface area contributed by atoms with Gasteiger partial charge in [0.25, 0.3) is 0 Å². The molecule has 0 aliphatic carbocycles. The van der Waals surface area contributed by atoms with Gasteiger partial charge in [-0.05, 0) is 0 Å². The van der Waals surface area contributed by atoms with Gasteiger partial charge in [-0.2, -0.15) is 26.3 Å². The monoisotopic (exact) mass is 666 g/mol. The third-order valence-electron chi connectivity index (χ3n) is 3.86. The van der Waals surface area contributed by atoms with Crippen LogP contribution in [-0.2, 0) is 20.2 Å². The Bertz CT molecular complexity index is 1120. The lowest BCUT2D eigenvalue weighted by Crippen LogP contribution is -2.21. The van der Waals surface area contributed by atoms with Crippen LogP contribution in [0.5, 0.6) is 0 Å². The fourth-order valence-electron chi connectivity index (χ4n) is 2.54. The van der Waals surface area contributed by atoms with Crippen molar-refractivity contribution in [3.8, 4) is 0 Å². The minimum Gasteiger partial charge on any atom is -0.741 e. The topological polar surface area (TPSA) is 114 Å². The van der Waals surface area contributed by atoms with E-state index in [9.17, 15) is 26.3 Å². The summed E-state index contributed by atoms with van der Waals surface area (Å²) in [5.41, 5.74) is -11.3. The zero-order valence-electron chi connectivity index (χ0n) is 21.1. The molecule has 0 saturated heterocycles. The number of alkyl halides is 6. The second-order valence-corrected chi connectivity index (χ2v) is 35.5. The van der Waals surface area contributed by atoms with Crippen molar-refractivity contribution in [3.63, 3.8) is 0 Å². The summed E-state index contributed by atoms with van der Waals surface area (Å²) >= 11 is 0. The lowest BCUT2D eigenvalue weighted by Gasteiger charge is -2.34. The molecule has 38 heavy (non-hydrogen) atoms. The van der Waals surface area contributed by atoms with Crippen molar-refractivity contribution in [3.05, 3.63) is 60.7 Å². The van der Waals surface area contributed by atoms with Crippen LogP contribution in [0, 0.1) is 0 Å². The van der Waals surface area contributed by atoms with Gasteiger partial charge in [-0.3, -0.25) is 0 Å². The van der Waals surface area contributed by atoms with Crippen molar-refractivity contribution in [2.45, 2.75) is 11.0 Å². The number of benzene rings is 2. The van der Waals surface area contributed by atoms with E-state index in [4.69, 9.17) is 25.9 Å². The first-order valence-electron chi connectivity index (χ1n) is 10.1. The molecule has 0 spiro atoms. The smallest absolute Gasteiger partial charge is 0.485 e. The van der Waals surface area contributed by atoms with Gasteiger partial charge >= 0.3 is 11.0 Å². The van der Waals surface area contributed by atoms with Crippen LogP contribution < -0.4 is 10.6 Å². The zero-order chi connectivity index (χ0) is 30.4. The minimum atomic E-state index is -6.09. The molecule has 6 nitrogen and oxygen atoms in total. The quantitative estimate of drug-likeness (QED) is 0.161. The molecule has 0 radical (unpaired) electrons. The van der Waals surface area contributed by atoms with Crippen LogP contribution in [0.15, 0.2) is 60.7 Å². The highest BCUT2D eigenvalue weighted by molar-refractivity contribution is 8.84. The van der Waals surface area contributed by atoms with E-state index in [2.05, 4.69) is 101 Å². The molecule has 18 heteroatoms.